The molecule has 3 aromatic rings. The molecular weight excluding hydrogens is 528 g/mol. The Morgan fingerprint density at radius 2 is 1.97 bits per heavy atom. The van der Waals surface area contributed by atoms with Crippen LogP contribution in [0.2, 0.25) is 5.02 Å². The van der Waals surface area contributed by atoms with Gasteiger partial charge in [-0.15, -0.1) is 6.42 Å². The van der Waals surface area contributed by atoms with Crippen molar-refractivity contribution in [3.63, 3.8) is 0 Å². The van der Waals surface area contributed by atoms with Gasteiger partial charge in [0, 0.05) is 17.7 Å². The predicted octanol–water partition coefficient (Wildman–Crippen LogP) is 3.10. The number of rotatable bonds is 9. The molecule has 1 aromatic heterocycles. The number of benzene rings is 2. The van der Waals surface area contributed by atoms with Gasteiger partial charge in [-0.25, -0.2) is 9.79 Å². The maximum absolute atomic E-state index is 13.8. The molecule has 0 radical (unpaired) electrons. The molecule has 0 fully saturated rings. The van der Waals surface area contributed by atoms with Crippen molar-refractivity contribution in [1.29, 1.82) is 0 Å². The Kier molecular flexibility index (Phi) is 8.69. The summed E-state index contributed by atoms with van der Waals surface area (Å²) in [6, 6.07) is 11.5. The molecule has 0 saturated heterocycles. The van der Waals surface area contributed by atoms with E-state index in [-0.39, 0.29) is 31.0 Å². The van der Waals surface area contributed by atoms with Gasteiger partial charge in [-0.1, -0.05) is 53.1 Å². The minimum Gasteiger partial charge on any atom is -0.493 e. The molecule has 0 saturated carbocycles. The zero-order valence-electron chi connectivity index (χ0n) is 21.0. The lowest BCUT2D eigenvalue weighted by molar-refractivity contribution is -0.140. The van der Waals surface area contributed by atoms with Crippen LogP contribution in [0.5, 0.6) is 11.5 Å². The second-order valence-electron chi connectivity index (χ2n) is 8.13. The minimum atomic E-state index is -0.761. The van der Waals surface area contributed by atoms with E-state index in [9.17, 15) is 9.59 Å². The largest absolute Gasteiger partial charge is 0.493 e. The Balaban J connectivity index is 1.90. The average Bonchev–Trinajstić information content (AvgIpc) is 3.21. The third-order valence-electron chi connectivity index (χ3n) is 5.76. The summed E-state index contributed by atoms with van der Waals surface area (Å²) < 4.78 is 23.5. The highest BCUT2D eigenvalue weighted by molar-refractivity contribution is 7.07. The van der Waals surface area contributed by atoms with Gasteiger partial charge in [0.1, 0.15) is 13.2 Å². The SMILES string of the molecule is C#CCOc1c(C=c2sc3n(c2=O)C(c2ccc(Cl)cc2)C(C(=O)OCCOC)=C(C)N=3)cccc1OC. The van der Waals surface area contributed by atoms with Crippen molar-refractivity contribution in [2.24, 2.45) is 4.99 Å². The number of halogens is 1. The molecule has 8 nitrogen and oxygen atoms in total. The lowest BCUT2D eigenvalue weighted by Crippen LogP contribution is -2.40. The highest BCUT2D eigenvalue weighted by Crippen LogP contribution is 2.33. The highest BCUT2D eigenvalue weighted by atomic mass is 35.5. The van der Waals surface area contributed by atoms with Crippen molar-refractivity contribution in [1.82, 2.24) is 4.57 Å². The standard InChI is InChI=1S/C28H25ClN2O6S/c1-5-13-36-25-19(7-6-8-21(25)35-4)16-22-26(32)31-24(18-9-11-20(29)12-10-18)23(17(2)30-28(31)38-22)27(33)37-15-14-34-3/h1,6-12,16,24H,13-15H2,2-4H3. The Morgan fingerprint density at radius 1 is 1.21 bits per heavy atom. The van der Waals surface area contributed by atoms with E-state index < -0.39 is 12.0 Å². The molecule has 1 atom stereocenters. The number of aromatic nitrogens is 1. The van der Waals surface area contributed by atoms with Gasteiger partial charge >= 0.3 is 5.97 Å². The molecule has 1 aliphatic rings. The third kappa shape index (κ3) is 5.53. The van der Waals surface area contributed by atoms with Crippen molar-refractivity contribution in [3.05, 3.63) is 89.6 Å². The summed E-state index contributed by atoms with van der Waals surface area (Å²) in [6.07, 6.45) is 7.08. The number of fused-ring (bicyclic) bond motifs is 1. The normalized spacial score (nSPS) is 14.9. The fraction of sp³-hybridized carbons (Fsp3) is 0.250. The van der Waals surface area contributed by atoms with E-state index >= 15 is 0 Å². The molecular formula is C28H25ClN2O6S. The van der Waals surface area contributed by atoms with E-state index in [1.54, 1.807) is 55.5 Å². The van der Waals surface area contributed by atoms with Crippen LogP contribution in [0.25, 0.3) is 6.08 Å². The molecule has 0 N–H and O–H groups in total. The fourth-order valence-electron chi connectivity index (χ4n) is 4.06. The third-order valence-corrected chi connectivity index (χ3v) is 7.00. The summed E-state index contributed by atoms with van der Waals surface area (Å²) in [5.74, 6) is 2.77. The summed E-state index contributed by atoms with van der Waals surface area (Å²) in [5, 5.41) is 0.531. The van der Waals surface area contributed by atoms with E-state index in [1.807, 2.05) is 0 Å². The van der Waals surface area contributed by atoms with E-state index in [0.717, 1.165) is 0 Å². The molecule has 4 rings (SSSR count). The van der Waals surface area contributed by atoms with E-state index in [2.05, 4.69) is 10.9 Å². The van der Waals surface area contributed by atoms with Crippen molar-refractivity contribution >= 4 is 35.0 Å². The van der Waals surface area contributed by atoms with Crippen molar-refractivity contribution in [3.8, 4) is 23.8 Å². The predicted molar refractivity (Wildman–Crippen MR) is 145 cm³/mol. The van der Waals surface area contributed by atoms with Crippen LogP contribution >= 0.6 is 22.9 Å². The lowest BCUT2D eigenvalue weighted by atomic mass is 9.96. The number of thiazole rings is 1. The Morgan fingerprint density at radius 3 is 2.66 bits per heavy atom. The van der Waals surface area contributed by atoms with Gasteiger partial charge in [0.15, 0.2) is 16.3 Å². The smallest absolute Gasteiger partial charge is 0.338 e. The Bertz CT molecular complexity index is 1600. The number of terminal acetylenes is 1. The van der Waals surface area contributed by atoms with Crippen LogP contribution < -0.4 is 24.4 Å². The van der Waals surface area contributed by atoms with Gasteiger partial charge in [-0.05, 0) is 36.8 Å². The summed E-state index contributed by atoms with van der Waals surface area (Å²) >= 11 is 7.32. The molecule has 0 amide bonds. The molecule has 2 heterocycles. The number of esters is 1. The molecule has 0 spiro atoms. The van der Waals surface area contributed by atoms with Crippen LogP contribution in [0.1, 0.15) is 24.1 Å². The van der Waals surface area contributed by atoms with Crippen molar-refractivity contribution in [2.45, 2.75) is 13.0 Å². The van der Waals surface area contributed by atoms with Gasteiger partial charge in [0.25, 0.3) is 5.56 Å². The Labute approximate surface area is 228 Å². The molecule has 10 heteroatoms. The molecule has 1 aliphatic heterocycles. The highest BCUT2D eigenvalue weighted by Gasteiger charge is 2.33. The summed E-state index contributed by atoms with van der Waals surface area (Å²) in [7, 11) is 3.04. The van der Waals surface area contributed by atoms with Crippen LogP contribution in [-0.4, -0.2) is 44.6 Å². The number of carbonyl (C=O) groups excluding carboxylic acids is 1. The molecule has 196 valence electrons. The number of hydrogen-bond acceptors (Lipinski definition) is 8. The zero-order chi connectivity index (χ0) is 27.2. The fourth-order valence-corrected chi connectivity index (χ4v) is 5.22. The maximum Gasteiger partial charge on any atom is 0.338 e. The number of hydrogen-bond donors (Lipinski definition) is 0. The Hall–Kier alpha value is -3.84. The number of para-hydroxylation sites is 1. The van der Waals surface area contributed by atoms with Gasteiger partial charge in [0.2, 0.25) is 0 Å². The number of allylic oxidation sites excluding steroid dienone is 1. The number of methoxy groups -OCH3 is 2. The second-order valence-corrected chi connectivity index (χ2v) is 9.58. The minimum absolute atomic E-state index is 0.0345. The molecule has 0 aliphatic carbocycles. The number of ether oxygens (including phenoxy) is 4. The van der Waals surface area contributed by atoms with Crippen LogP contribution in [0.3, 0.4) is 0 Å². The molecule has 2 aromatic carbocycles. The van der Waals surface area contributed by atoms with Crippen LogP contribution in [-0.2, 0) is 14.3 Å². The van der Waals surface area contributed by atoms with Gasteiger partial charge in [-0.2, -0.15) is 0 Å². The van der Waals surface area contributed by atoms with E-state index in [0.29, 0.717) is 42.7 Å². The topological polar surface area (TPSA) is 88.4 Å². The summed E-state index contributed by atoms with van der Waals surface area (Å²) in [4.78, 5) is 32.1. The van der Waals surface area contributed by atoms with E-state index in [4.69, 9.17) is 37.0 Å². The number of carbonyl (C=O) groups is 1. The first kappa shape index (κ1) is 27.2. The average molecular weight is 553 g/mol. The first-order chi connectivity index (χ1) is 18.4. The van der Waals surface area contributed by atoms with Gasteiger partial charge < -0.3 is 18.9 Å². The molecule has 1 unspecified atom stereocenters. The monoisotopic (exact) mass is 552 g/mol. The summed E-state index contributed by atoms with van der Waals surface area (Å²) in [6.45, 7) is 2.07. The first-order valence-corrected chi connectivity index (χ1v) is 12.8. The lowest BCUT2D eigenvalue weighted by Gasteiger charge is -2.24. The maximum atomic E-state index is 13.8. The van der Waals surface area contributed by atoms with Gasteiger partial charge in [-0.3, -0.25) is 9.36 Å². The van der Waals surface area contributed by atoms with Crippen molar-refractivity contribution < 1.29 is 23.7 Å². The summed E-state index contributed by atoms with van der Waals surface area (Å²) in [5.41, 5.74) is 1.70. The van der Waals surface area contributed by atoms with Gasteiger partial charge in [0.05, 0.1) is 35.6 Å². The quantitative estimate of drug-likeness (QED) is 0.230. The first-order valence-electron chi connectivity index (χ1n) is 11.6. The van der Waals surface area contributed by atoms with Crippen molar-refractivity contribution in [2.75, 3.05) is 34.0 Å². The zero-order valence-corrected chi connectivity index (χ0v) is 22.6. The van der Waals surface area contributed by atoms with E-state index in [1.165, 1.54) is 30.1 Å². The number of nitrogens with zero attached hydrogens (tertiary/aromatic N) is 2. The molecule has 38 heavy (non-hydrogen) atoms. The van der Waals surface area contributed by atoms with Crippen LogP contribution in [0.15, 0.2) is 63.5 Å². The molecule has 0 bridgehead atoms. The second kappa shape index (κ2) is 12.1. The van der Waals surface area contributed by atoms with Crippen LogP contribution in [0.4, 0.5) is 0 Å². The van der Waals surface area contributed by atoms with Crippen LogP contribution in [0, 0.1) is 12.3 Å².